The lowest BCUT2D eigenvalue weighted by atomic mass is 9.87. The second-order valence-electron chi connectivity index (χ2n) is 7.82. The molecule has 0 spiro atoms. The van der Waals surface area contributed by atoms with E-state index < -0.39 is 23.2 Å². The van der Waals surface area contributed by atoms with Crippen molar-refractivity contribution in [1.82, 2.24) is 10.2 Å². The average molecular weight is 340 g/mol. The number of rotatable bonds is 3. The minimum absolute atomic E-state index is 0.0844. The van der Waals surface area contributed by atoms with Crippen molar-refractivity contribution in [2.24, 2.45) is 5.92 Å². The third kappa shape index (κ3) is 4.39. The first-order valence-corrected chi connectivity index (χ1v) is 8.66. The van der Waals surface area contributed by atoms with Gasteiger partial charge in [0.05, 0.1) is 0 Å². The monoisotopic (exact) mass is 340 g/mol. The van der Waals surface area contributed by atoms with E-state index in [1.807, 2.05) is 0 Å². The first-order chi connectivity index (χ1) is 11.1. The third-order valence-corrected chi connectivity index (χ3v) is 4.78. The van der Waals surface area contributed by atoms with Crippen LogP contribution >= 0.6 is 0 Å². The summed E-state index contributed by atoms with van der Waals surface area (Å²) in [6.45, 7) is 5.86. The molecular formula is C17H28N2O5. The number of carboxylic acid groups (broad SMARTS) is 1. The van der Waals surface area contributed by atoms with Gasteiger partial charge in [-0.3, -0.25) is 4.79 Å². The number of likely N-dealkylation sites (tertiary alicyclic amines) is 1. The summed E-state index contributed by atoms with van der Waals surface area (Å²) in [4.78, 5) is 37.9. The van der Waals surface area contributed by atoms with Crippen LogP contribution in [-0.2, 0) is 14.3 Å². The number of hydrogen-bond donors (Lipinski definition) is 2. The number of amides is 2. The number of nitrogens with zero attached hydrogens (tertiary/aromatic N) is 1. The predicted octanol–water partition coefficient (Wildman–Crippen LogP) is 2.15. The highest BCUT2D eigenvalue weighted by atomic mass is 16.6. The molecule has 24 heavy (non-hydrogen) atoms. The van der Waals surface area contributed by atoms with E-state index in [1.54, 1.807) is 25.7 Å². The van der Waals surface area contributed by atoms with Crippen LogP contribution in [0.4, 0.5) is 4.79 Å². The molecule has 2 N–H and O–H groups in total. The van der Waals surface area contributed by atoms with E-state index in [4.69, 9.17) is 4.74 Å². The summed E-state index contributed by atoms with van der Waals surface area (Å²) in [6, 6.07) is 0. The van der Waals surface area contributed by atoms with Crippen LogP contribution in [0.25, 0.3) is 0 Å². The van der Waals surface area contributed by atoms with E-state index in [0.29, 0.717) is 13.1 Å². The van der Waals surface area contributed by atoms with Gasteiger partial charge in [-0.15, -0.1) is 0 Å². The fourth-order valence-corrected chi connectivity index (χ4v) is 3.43. The van der Waals surface area contributed by atoms with Crippen molar-refractivity contribution < 1.29 is 24.2 Å². The van der Waals surface area contributed by atoms with E-state index >= 15 is 0 Å². The lowest BCUT2D eigenvalue weighted by molar-refractivity contribution is -0.150. The number of nitrogens with one attached hydrogen (secondary N) is 1. The van der Waals surface area contributed by atoms with Crippen molar-refractivity contribution in [3.05, 3.63) is 0 Å². The van der Waals surface area contributed by atoms with E-state index in [9.17, 15) is 19.5 Å². The predicted molar refractivity (Wildman–Crippen MR) is 87.5 cm³/mol. The maximum absolute atomic E-state index is 12.5. The van der Waals surface area contributed by atoms with Crippen LogP contribution in [0.15, 0.2) is 0 Å². The molecule has 0 unspecified atom stereocenters. The zero-order valence-corrected chi connectivity index (χ0v) is 14.8. The quantitative estimate of drug-likeness (QED) is 0.820. The number of ether oxygens (including phenoxy) is 1. The van der Waals surface area contributed by atoms with Gasteiger partial charge in [0, 0.05) is 19.0 Å². The normalized spacial score (nSPS) is 21.4. The first-order valence-electron chi connectivity index (χ1n) is 8.66. The Kier molecular flexibility index (Phi) is 5.40. The van der Waals surface area contributed by atoms with Crippen LogP contribution < -0.4 is 5.32 Å². The second-order valence-corrected chi connectivity index (χ2v) is 7.82. The number of aliphatic carboxylic acids is 1. The van der Waals surface area contributed by atoms with Gasteiger partial charge in [-0.2, -0.15) is 0 Å². The maximum atomic E-state index is 12.5. The van der Waals surface area contributed by atoms with Gasteiger partial charge in [0.25, 0.3) is 0 Å². The molecule has 2 amide bonds. The van der Waals surface area contributed by atoms with Gasteiger partial charge >= 0.3 is 12.1 Å². The minimum atomic E-state index is -1.37. The molecule has 7 nitrogen and oxygen atoms in total. The van der Waals surface area contributed by atoms with Crippen molar-refractivity contribution in [1.29, 1.82) is 0 Å². The zero-order valence-electron chi connectivity index (χ0n) is 14.8. The largest absolute Gasteiger partial charge is 0.480 e. The molecule has 7 heteroatoms. The van der Waals surface area contributed by atoms with Crippen LogP contribution in [0.1, 0.15) is 59.3 Å². The summed E-state index contributed by atoms with van der Waals surface area (Å²) in [7, 11) is 0. The number of hydrogen-bond acceptors (Lipinski definition) is 4. The molecule has 2 rings (SSSR count). The smallest absolute Gasteiger partial charge is 0.408 e. The summed E-state index contributed by atoms with van der Waals surface area (Å²) < 4.78 is 5.18. The number of piperidine rings is 1. The molecule has 2 aliphatic rings. The van der Waals surface area contributed by atoms with Gasteiger partial charge < -0.3 is 20.1 Å². The highest BCUT2D eigenvalue weighted by Gasteiger charge is 2.45. The molecule has 0 aromatic rings. The minimum Gasteiger partial charge on any atom is -0.480 e. The third-order valence-electron chi connectivity index (χ3n) is 4.78. The summed E-state index contributed by atoms with van der Waals surface area (Å²) in [6.07, 6.45) is 3.68. The topological polar surface area (TPSA) is 95.9 Å². The second kappa shape index (κ2) is 6.99. The number of carboxylic acids is 1. The highest BCUT2D eigenvalue weighted by molar-refractivity contribution is 5.85. The Bertz CT molecular complexity index is 498. The number of carbonyl (C=O) groups excluding carboxylic acids is 2. The molecule has 136 valence electrons. The van der Waals surface area contributed by atoms with Crippen molar-refractivity contribution >= 4 is 18.0 Å². The molecule has 0 bridgehead atoms. The standard InChI is InChI=1S/C17H28N2O5/c1-16(2,3)24-15(23)18-17(14(21)22)8-10-19(11-9-17)13(20)12-6-4-5-7-12/h12H,4-11H2,1-3H3,(H,18,23)(H,21,22). The molecule has 1 aliphatic carbocycles. The molecule has 0 aromatic carbocycles. The first kappa shape index (κ1) is 18.5. The van der Waals surface area contributed by atoms with Gasteiger partial charge in [-0.1, -0.05) is 12.8 Å². The number of alkyl carbamates (subject to hydrolysis) is 1. The van der Waals surface area contributed by atoms with E-state index in [-0.39, 0.29) is 24.7 Å². The summed E-state index contributed by atoms with van der Waals surface area (Å²) in [5.41, 5.74) is -2.06. The molecule has 1 saturated carbocycles. The van der Waals surface area contributed by atoms with Gasteiger partial charge in [0.1, 0.15) is 11.1 Å². The van der Waals surface area contributed by atoms with Gasteiger partial charge in [-0.25, -0.2) is 9.59 Å². The van der Waals surface area contributed by atoms with Crippen LogP contribution in [0.5, 0.6) is 0 Å². The van der Waals surface area contributed by atoms with Crippen molar-refractivity contribution in [2.75, 3.05) is 13.1 Å². The summed E-state index contributed by atoms with van der Waals surface area (Å²) in [5, 5.41) is 12.1. The molecule has 1 heterocycles. The Morgan fingerprint density at radius 1 is 1.12 bits per heavy atom. The van der Waals surface area contributed by atoms with Crippen molar-refractivity contribution in [3.8, 4) is 0 Å². The summed E-state index contributed by atoms with van der Waals surface area (Å²) >= 11 is 0. The molecule has 1 aliphatic heterocycles. The van der Waals surface area contributed by atoms with Crippen LogP contribution in [-0.4, -0.2) is 52.2 Å². The summed E-state index contributed by atoms with van der Waals surface area (Å²) in [5.74, 6) is -0.869. The van der Waals surface area contributed by atoms with Crippen LogP contribution in [0.3, 0.4) is 0 Å². The van der Waals surface area contributed by atoms with E-state index in [2.05, 4.69) is 5.32 Å². The fourth-order valence-electron chi connectivity index (χ4n) is 3.43. The SMILES string of the molecule is CC(C)(C)OC(=O)NC1(C(=O)O)CCN(C(=O)C2CCCC2)CC1. The Balaban J connectivity index is 1.97. The average Bonchev–Trinajstić information content (AvgIpc) is 2.99. The Hall–Kier alpha value is -1.79. The van der Waals surface area contributed by atoms with E-state index in [0.717, 1.165) is 25.7 Å². The van der Waals surface area contributed by atoms with Crippen molar-refractivity contribution in [2.45, 2.75) is 70.4 Å². The number of carbonyl (C=O) groups is 3. The van der Waals surface area contributed by atoms with Crippen LogP contribution in [0.2, 0.25) is 0 Å². The Morgan fingerprint density at radius 2 is 1.67 bits per heavy atom. The Labute approximate surface area is 142 Å². The van der Waals surface area contributed by atoms with Crippen molar-refractivity contribution in [3.63, 3.8) is 0 Å². The van der Waals surface area contributed by atoms with Gasteiger partial charge in [-0.05, 0) is 46.5 Å². The molecular weight excluding hydrogens is 312 g/mol. The highest BCUT2D eigenvalue weighted by Crippen LogP contribution is 2.30. The lowest BCUT2D eigenvalue weighted by Gasteiger charge is -2.40. The molecule has 0 atom stereocenters. The van der Waals surface area contributed by atoms with Gasteiger partial charge in [0.2, 0.25) is 5.91 Å². The zero-order chi connectivity index (χ0) is 18.0. The maximum Gasteiger partial charge on any atom is 0.408 e. The van der Waals surface area contributed by atoms with Gasteiger partial charge in [0.15, 0.2) is 0 Å². The Morgan fingerprint density at radius 3 is 2.12 bits per heavy atom. The van der Waals surface area contributed by atoms with E-state index in [1.165, 1.54) is 0 Å². The fraction of sp³-hybridized carbons (Fsp3) is 0.824. The molecule has 0 aromatic heterocycles. The molecule has 2 fully saturated rings. The lowest BCUT2D eigenvalue weighted by Crippen LogP contribution is -2.61. The molecule has 1 saturated heterocycles. The molecule has 0 radical (unpaired) electrons. The van der Waals surface area contributed by atoms with Crippen LogP contribution in [0, 0.1) is 5.92 Å².